The standard InChI is InChI=1S/C11H12ClN3/c12-10-1-2-11(9(7-10)8-13)15-5-3-14-4-6-15/h1-2,7,14H,3-6H2. The van der Waals surface area contributed by atoms with Crippen LogP contribution in [0.1, 0.15) is 5.56 Å². The van der Waals surface area contributed by atoms with E-state index < -0.39 is 0 Å². The molecule has 1 aliphatic heterocycles. The van der Waals surface area contributed by atoms with Crippen molar-refractivity contribution in [2.45, 2.75) is 0 Å². The number of nitrogens with zero attached hydrogens (tertiary/aromatic N) is 2. The monoisotopic (exact) mass is 221 g/mol. The van der Waals surface area contributed by atoms with Gasteiger partial charge < -0.3 is 10.2 Å². The van der Waals surface area contributed by atoms with Crippen molar-refractivity contribution in [3.63, 3.8) is 0 Å². The third-order valence-electron chi connectivity index (χ3n) is 2.54. The number of hydrogen-bond donors (Lipinski definition) is 1. The summed E-state index contributed by atoms with van der Waals surface area (Å²) in [5, 5.41) is 12.9. The van der Waals surface area contributed by atoms with Crippen molar-refractivity contribution in [1.29, 1.82) is 5.26 Å². The van der Waals surface area contributed by atoms with Crippen molar-refractivity contribution in [2.75, 3.05) is 31.1 Å². The van der Waals surface area contributed by atoms with Crippen LogP contribution in [0.3, 0.4) is 0 Å². The fourth-order valence-electron chi connectivity index (χ4n) is 1.78. The van der Waals surface area contributed by atoms with E-state index >= 15 is 0 Å². The van der Waals surface area contributed by atoms with Crippen molar-refractivity contribution in [3.05, 3.63) is 28.8 Å². The van der Waals surface area contributed by atoms with Crippen LogP contribution in [0, 0.1) is 11.3 Å². The van der Waals surface area contributed by atoms with Crippen LogP contribution in [0.15, 0.2) is 18.2 Å². The molecule has 0 unspecified atom stereocenters. The molecule has 78 valence electrons. The fraction of sp³-hybridized carbons (Fsp3) is 0.364. The minimum absolute atomic E-state index is 0.616. The van der Waals surface area contributed by atoms with Gasteiger partial charge in [-0.05, 0) is 18.2 Å². The Morgan fingerprint density at radius 1 is 1.33 bits per heavy atom. The lowest BCUT2D eigenvalue weighted by molar-refractivity contribution is 0.589. The summed E-state index contributed by atoms with van der Waals surface area (Å²) in [6.07, 6.45) is 0. The molecule has 1 heterocycles. The maximum Gasteiger partial charge on any atom is 0.101 e. The Bertz CT molecular complexity index is 391. The Labute approximate surface area is 94.3 Å². The van der Waals surface area contributed by atoms with Gasteiger partial charge >= 0.3 is 0 Å². The summed E-state index contributed by atoms with van der Waals surface area (Å²) in [6, 6.07) is 7.66. The molecule has 4 heteroatoms. The van der Waals surface area contributed by atoms with E-state index in [-0.39, 0.29) is 0 Å². The number of piperazine rings is 1. The van der Waals surface area contributed by atoms with E-state index in [4.69, 9.17) is 16.9 Å². The molecule has 0 radical (unpaired) electrons. The molecule has 1 fully saturated rings. The summed E-state index contributed by atoms with van der Waals surface area (Å²) >= 11 is 5.85. The van der Waals surface area contributed by atoms with Gasteiger partial charge in [-0.1, -0.05) is 11.6 Å². The first-order valence-corrected chi connectivity index (χ1v) is 5.34. The molecule has 1 aromatic carbocycles. The quantitative estimate of drug-likeness (QED) is 0.784. The van der Waals surface area contributed by atoms with Gasteiger partial charge in [0.05, 0.1) is 11.3 Å². The van der Waals surface area contributed by atoms with Crippen LogP contribution in [-0.4, -0.2) is 26.2 Å². The van der Waals surface area contributed by atoms with Crippen LogP contribution in [0.5, 0.6) is 0 Å². The molecule has 2 rings (SSSR count). The molecule has 1 N–H and O–H groups in total. The lowest BCUT2D eigenvalue weighted by atomic mass is 10.1. The first-order chi connectivity index (χ1) is 7.31. The molecule has 15 heavy (non-hydrogen) atoms. The predicted molar refractivity (Wildman–Crippen MR) is 61.2 cm³/mol. The molecule has 0 aliphatic carbocycles. The molecule has 0 amide bonds. The van der Waals surface area contributed by atoms with E-state index in [0.717, 1.165) is 31.9 Å². The normalized spacial score (nSPS) is 16.1. The molecule has 3 nitrogen and oxygen atoms in total. The van der Waals surface area contributed by atoms with E-state index in [1.54, 1.807) is 6.07 Å². The highest BCUT2D eigenvalue weighted by atomic mass is 35.5. The number of rotatable bonds is 1. The largest absolute Gasteiger partial charge is 0.368 e. The molecular formula is C11H12ClN3. The maximum atomic E-state index is 9.02. The van der Waals surface area contributed by atoms with Gasteiger partial charge in [-0.15, -0.1) is 0 Å². The summed E-state index contributed by atoms with van der Waals surface area (Å²) in [4.78, 5) is 2.21. The highest BCUT2D eigenvalue weighted by Crippen LogP contribution is 2.23. The van der Waals surface area contributed by atoms with E-state index in [2.05, 4.69) is 16.3 Å². The smallest absolute Gasteiger partial charge is 0.101 e. The first kappa shape index (κ1) is 10.3. The molecule has 1 saturated heterocycles. The van der Waals surface area contributed by atoms with Crippen LogP contribution in [0.2, 0.25) is 5.02 Å². The van der Waals surface area contributed by atoms with Gasteiger partial charge in [0.1, 0.15) is 6.07 Å². The molecule has 1 aromatic rings. The second-order valence-corrected chi connectivity index (χ2v) is 3.95. The highest BCUT2D eigenvalue weighted by molar-refractivity contribution is 6.30. The zero-order valence-electron chi connectivity index (χ0n) is 8.33. The van der Waals surface area contributed by atoms with Crippen LogP contribution >= 0.6 is 11.6 Å². The van der Waals surface area contributed by atoms with E-state index in [1.807, 2.05) is 12.1 Å². The second kappa shape index (κ2) is 4.52. The Kier molecular flexibility index (Phi) is 3.10. The maximum absolute atomic E-state index is 9.02. The highest BCUT2D eigenvalue weighted by Gasteiger charge is 2.13. The van der Waals surface area contributed by atoms with E-state index in [0.29, 0.717) is 10.6 Å². The van der Waals surface area contributed by atoms with Gasteiger partial charge in [0.15, 0.2) is 0 Å². The van der Waals surface area contributed by atoms with Crippen molar-refractivity contribution < 1.29 is 0 Å². The van der Waals surface area contributed by atoms with Crippen molar-refractivity contribution in [1.82, 2.24) is 5.32 Å². The number of hydrogen-bond acceptors (Lipinski definition) is 3. The summed E-state index contributed by atoms with van der Waals surface area (Å²) in [5.74, 6) is 0. The minimum atomic E-state index is 0.616. The van der Waals surface area contributed by atoms with Crippen molar-refractivity contribution >= 4 is 17.3 Å². The third kappa shape index (κ3) is 2.23. The number of halogens is 1. The van der Waals surface area contributed by atoms with Gasteiger partial charge in [-0.2, -0.15) is 5.26 Å². The SMILES string of the molecule is N#Cc1cc(Cl)ccc1N1CCNCC1. The number of nitriles is 1. The van der Waals surface area contributed by atoms with Crippen LogP contribution < -0.4 is 10.2 Å². The Morgan fingerprint density at radius 3 is 2.73 bits per heavy atom. The Morgan fingerprint density at radius 2 is 2.07 bits per heavy atom. The van der Waals surface area contributed by atoms with Gasteiger partial charge in [0.2, 0.25) is 0 Å². The second-order valence-electron chi connectivity index (χ2n) is 3.51. The topological polar surface area (TPSA) is 39.1 Å². The molecule has 0 spiro atoms. The van der Waals surface area contributed by atoms with E-state index in [9.17, 15) is 0 Å². The summed E-state index contributed by atoms with van der Waals surface area (Å²) < 4.78 is 0. The van der Waals surface area contributed by atoms with E-state index in [1.165, 1.54) is 0 Å². The molecular weight excluding hydrogens is 210 g/mol. The third-order valence-corrected chi connectivity index (χ3v) is 2.77. The lowest BCUT2D eigenvalue weighted by Gasteiger charge is -2.30. The fourth-order valence-corrected chi connectivity index (χ4v) is 1.95. The summed E-state index contributed by atoms with van der Waals surface area (Å²) in [6.45, 7) is 3.81. The molecule has 0 aromatic heterocycles. The first-order valence-electron chi connectivity index (χ1n) is 4.96. The van der Waals surface area contributed by atoms with Crippen molar-refractivity contribution in [3.8, 4) is 6.07 Å². The summed E-state index contributed by atoms with van der Waals surface area (Å²) in [7, 11) is 0. The molecule has 1 aliphatic rings. The zero-order chi connectivity index (χ0) is 10.7. The van der Waals surface area contributed by atoms with Gasteiger partial charge in [0.25, 0.3) is 0 Å². The Hall–Kier alpha value is -1.24. The number of nitrogens with one attached hydrogen (secondary N) is 1. The average molecular weight is 222 g/mol. The molecule has 0 atom stereocenters. The lowest BCUT2D eigenvalue weighted by Crippen LogP contribution is -2.43. The van der Waals surface area contributed by atoms with Crippen LogP contribution in [0.4, 0.5) is 5.69 Å². The Balaban J connectivity index is 2.30. The van der Waals surface area contributed by atoms with Gasteiger partial charge in [-0.3, -0.25) is 0 Å². The number of benzene rings is 1. The number of anilines is 1. The predicted octanol–water partition coefficient (Wildman–Crippen LogP) is 1.62. The molecule has 0 saturated carbocycles. The van der Waals surface area contributed by atoms with Crippen molar-refractivity contribution in [2.24, 2.45) is 0 Å². The van der Waals surface area contributed by atoms with Gasteiger partial charge in [0, 0.05) is 31.2 Å². The average Bonchev–Trinajstić information content (AvgIpc) is 2.30. The van der Waals surface area contributed by atoms with Crippen LogP contribution in [0.25, 0.3) is 0 Å². The zero-order valence-corrected chi connectivity index (χ0v) is 9.09. The summed E-state index contributed by atoms with van der Waals surface area (Å²) in [5.41, 5.74) is 1.65. The van der Waals surface area contributed by atoms with Gasteiger partial charge in [-0.25, -0.2) is 0 Å². The minimum Gasteiger partial charge on any atom is -0.368 e. The molecule has 0 bridgehead atoms. The van der Waals surface area contributed by atoms with Crippen LogP contribution in [-0.2, 0) is 0 Å².